The second kappa shape index (κ2) is 10.6. The lowest BCUT2D eigenvalue weighted by molar-refractivity contribution is 0.0696. The number of benzene rings is 3. The summed E-state index contributed by atoms with van der Waals surface area (Å²) >= 11 is 19.6. The van der Waals surface area contributed by atoms with Crippen LogP contribution in [0.1, 0.15) is 64.9 Å². The molecule has 1 heterocycles. The van der Waals surface area contributed by atoms with Crippen molar-refractivity contribution < 1.29 is 19.2 Å². The van der Waals surface area contributed by atoms with Crippen molar-refractivity contribution in [1.29, 1.82) is 5.26 Å². The SMILES string of the molecule is CC(C)c1onc(-c2c(Cl)cccc2Cl)c1COc1ccc(C2CC2(C#N)c2cccc(C(=O)O)c2)c(Cl)c1. The van der Waals surface area contributed by atoms with Crippen molar-refractivity contribution in [3.8, 4) is 23.1 Å². The van der Waals surface area contributed by atoms with E-state index in [1.807, 2.05) is 19.9 Å². The van der Waals surface area contributed by atoms with Crippen LogP contribution in [0, 0.1) is 11.3 Å². The van der Waals surface area contributed by atoms with Gasteiger partial charge in [-0.3, -0.25) is 0 Å². The standard InChI is InChI=1S/C30H23Cl3N2O4/c1-16(2)28-21(27(35-39-28)26-23(31)7-4-8-24(26)32)14-38-19-9-10-20(25(33)12-19)22-13-30(22,15-34)18-6-3-5-17(11-18)29(36)37/h3-12,16,22H,13-14H2,1-2H3,(H,36,37). The number of hydrogen-bond acceptors (Lipinski definition) is 5. The van der Waals surface area contributed by atoms with Gasteiger partial charge in [-0.05, 0) is 53.9 Å². The van der Waals surface area contributed by atoms with Gasteiger partial charge in [0.25, 0.3) is 0 Å². The highest BCUT2D eigenvalue weighted by molar-refractivity contribution is 6.39. The van der Waals surface area contributed by atoms with Crippen molar-refractivity contribution in [3.63, 3.8) is 0 Å². The zero-order valence-electron chi connectivity index (χ0n) is 21.0. The van der Waals surface area contributed by atoms with Gasteiger partial charge in [0.15, 0.2) is 0 Å². The molecule has 1 aliphatic rings. The van der Waals surface area contributed by atoms with Crippen LogP contribution < -0.4 is 4.74 Å². The molecule has 0 spiro atoms. The van der Waals surface area contributed by atoms with Gasteiger partial charge in [-0.1, -0.05) is 78.1 Å². The van der Waals surface area contributed by atoms with Gasteiger partial charge in [0, 0.05) is 22.4 Å². The van der Waals surface area contributed by atoms with Crippen molar-refractivity contribution in [3.05, 3.63) is 104 Å². The quantitative estimate of drug-likeness (QED) is 0.224. The molecule has 0 aliphatic heterocycles. The summed E-state index contributed by atoms with van der Waals surface area (Å²) in [7, 11) is 0. The fourth-order valence-corrected chi connectivity index (χ4v) is 5.83. The van der Waals surface area contributed by atoms with Gasteiger partial charge in [0.1, 0.15) is 23.8 Å². The van der Waals surface area contributed by atoms with Gasteiger partial charge in [-0.15, -0.1) is 0 Å². The van der Waals surface area contributed by atoms with E-state index in [0.29, 0.717) is 49.8 Å². The molecule has 3 aromatic carbocycles. The topological polar surface area (TPSA) is 96.4 Å². The number of hydrogen-bond donors (Lipinski definition) is 1. The highest BCUT2D eigenvalue weighted by Gasteiger charge is 2.57. The number of aromatic nitrogens is 1. The van der Waals surface area contributed by atoms with Crippen molar-refractivity contribution >= 4 is 40.8 Å². The second-order valence-electron chi connectivity index (χ2n) is 9.82. The minimum absolute atomic E-state index is 0.0469. The van der Waals surface area contributed by atoms with Crippen LogP contribution in [-0.2, 0) is 12.0 Å². The lowest BCUT2D eigenvalue weighted by Gasteiger charge is -2.14. The lowest BCUT2D eigenvalue weighted by atomic mass is 9.91. The molecular weight excluding hydrogens is 559 g/mol. The van der Waals surface area contributed by atoms with Crippen LogP contribution in [0.2, 0.25) is 15.1 Å². The molecule has 0 saturated heterocycles. The largest absolute Gasteiger partial charge is 0.489 e. The molecule has 1 aliphatic carbocycles. The van der Waals surface area contributed by atoms with Crippen LogP contribution in [0.15, 0.2) is 65.2 Å². The molecule has 4 aromatic rings. The van der Waals surface area contributed by atoms with E-state index in [-0.39, 0.29) is 24.0 Å². The van der Waals surface area contributed by atoms with E-state index in [1.54, 1.807) is 48.5 Å². The lowest BCUT2D eigenvalue weighted by Crippen LogP contribution is -2.09. The van der Waals surface area contributed by atoms with Gasteiger partial charge < -0.3 is 14.4 Å². The summed E-state index contributed by atoms with van der Waals surface area (Å²) in [6, 6.07) is 19.5. The van der Waals surface area contributed by atoms with E-state index in [1.165, 1.54) is 6.07 Å². The smallest absolute Gasteiger partial charge is 0.335 e. The Morgan fingerprint density at radius 2 is 1.85 bits per heavy atom. The summed E-state index contributed by atoms with van der Waals surface area (Å²) in [6.07, 6.45) is 0.548. The van der Waals surface area contributed by atoms with E-state index in [0.717, 1.165) is 11.1 Å². The summed E-state index contributed by atoms with van der Waals surface area (Å²) in [5.41, 5.74) is 2.65. The number of carboxylic acid groups (broad SMARTS) is 1. The van der Waals surface area contributed by atoms with E-state index in [4.69, 9.17) is 44.1 Å². The molecule has 198 valence electrons. The summed E-state index contributed by atoms with van der Waals surface area (Å²) in [6.45, 7) is 4.14. The molecule has 0 amide bonds. The third-order valence-electron chi connectivity index (χ3n) is 7.06. The molecule has 2 atom stereocenters. The second-order valence-corrected chi connectivity index (χ2v) is 11.0. The van der Waals surface area contributed by atoms with Gasteiger partial charge in [0.2, 0.25) is 0 Å². The van der Waals surface area contributed by atoms with Crippen molar-refractivity contribution in [2.24, 2.45) is 0 Å². The Balaban J connectivity index is 1.39. The fourth-order valence-electron chi connectivity index (χ4n) is 4.95. The molecule has 39 heavy (non-hydrogen) atoms. The number of nitriles is 1. The number of ether oxygens (including phenoxy) is 1. The predicted molar refractivity (Wildman–Crippen MR) is 150 cm³/mol. The highest BCUT2D eigenvalue weighted by Crippen LogP contribution is 2.61. The first-order valence-electron chi connectivity index (χ1n) is 12.3. The van der Waals surface area contributed by atoms with Crippen molar-refractivity contribution in [1.82, 2.24) is 5.16 Å². The maximum atomic E-state index is 11.4. The van der Waals surface area contributed by atoms with Crippen molar-refractivity contribution in [2.75, 3.05) is 0 Å². The minimum atomic E-state index is -1.03. The average molecular weight is 582 g/mol. The Hall–Kier alpha value is -3.50. The first-order valence-corrected chi connectivity index (χ1v) is 13.4. The Morgan fingerprint density at radius 1 is 1.13 bits per heavy atom. The Bertz CT molecular complexity index is 1600. The number of halogens is 3. The molecule has 1 fully saturated rings. The van der Waals surface area contributed by atoms with Gasteiger partial charge in [-0.25, -0.2) is 4.79 Å². The van der Waals surface area contributed by atoms with E-state index >= 15 is 0 Å². The summed E-state index contributed by atoms with van der Waals surface area (Å²) in [4.78, 5) is 11.4. The summed E-state index contributed by atoms with van der Waals surface area (Å²) in [5, 5.41) is 25.0. The van der Waals surface area contributed by atoms with Crippen LogP contribution >= 0.6 is 34.8 Å². The fraction of sp³-hybridized carbons (Fsp3) is 0.233. The molecule has 0 radical (unpaired) electrons. The third kappa shape index (κ3) is 4.98. The number of aromatic carboxylic acids is 1. The van der Waals surface area contributed by atoms with Crippen LogP contribution in [0.25, 0.3) is 11.3 Å². The van der Waals surface area contributed by atoms with E-state index < -0.39 is 11.4 Å². The predicted octanol–water partition coefficient (Wildman–Crippen LogP) is 8.65. The maximum absolute atomic E-state index is 11.4. The van der Waals surface area contributed by atoms with Crippen LogP contribution in [0.5, 0.6) is 5.75 Å². The maximum Gasteiger partial charge on any atom is 0.335 e. The first kappa shape index (κ1) is 27.1. The number of nitrogens with zero attached hydrogens (tertiary/aromatic N) is 2. The minimum Gasteiger partial charge on any atom is -0.489 e. The van der Waals surface area contributed by atoms with Crippen LogP contribution in [0.3, 0.4) is 0 Å². The first-order chi connectivity index (χ1) is 18.7. The molecule has 1 aromatic heterocycles. The molecular formula is C30H23Cl3N2O4. The molecule has 2 unspecified atom stereocenters. The Kier molecular flexibility index (Phi) is 7.35. The molecule has 0 bridgehead atoms. The molecule has 6 nitrogen and oxygen atoms in total. The van der Waals surface area contributed by atoms with Crippen molar-refractivity contribution in [2.45, 2.75) is 44.1 Å². The third-order valence-corrected chi connectivity index (χ3v) is 8.02. The van der Waals surface area contributed by atoms with Gasteiger partial charge in [0.05, 0.1) is 32.7 Å². The molecule has 9 heteroatoms. The Labute approximate surface area is 240 Å². The average Bonchev–Trinajstić information content (AvgIpc) is 3.51. The zero-order chi connectivity index (χ0) is 27.9. The van der Waals surface area contributed by atoms with Crippen LogP contribution in [-0.4, -0.2) is 16.2 Å². The zero-order valence-corrected chi connectivity index (χ0v) is 23.3. The number of carbonyl (C=O) groups is 1. The highest BCUT2D eigenvalue weighted by atomic mass is 35.5. The number of carboxylic acids is 1. The molecule has 1 N–H and O–H groups in total. The monoisotopic (exact) mass is 580 g/mol. The normalized spacial score (nSPS) is 18.1. The summed E-state index contributed by atoms with van der Waals surface area (Å²) < 4.78 is 11.8. The van der Waals surface area contributed by atoms with E-state index in [9.17, 15) is 15.2 Å². The number of rotatable bonds is 8. The molecule has 1 saturated carbocycles. The summed E-state index contributed by atoms with van der Waals surface area (Å²) in [5.74, 6) is 0.0597. The van der Waals surface area contributed by atoms with E-state index in [2.05, 4.69) is 11.2 Å². The molecule has 5 rings (SSSR count). The van der Waals surface area contributed by atoms with Gasteiger partial charge in [-0.2, -0.15) is 5.26 Å². The van der Waals surface area contributed by atoms with Gasteiger partial charge >= 0.3 is 5.97 Å². The Morgan fingerprint density at radius 3 is 2.49 bits per heavy atom. The van der Waals surface area contributed by atoms with Crippen LogP contribution in [0.4, 0.5) is 0 Å².